The second-order valence-corrected chi connectivity index (χ2v) is 10.00. The summed E-state index contributed by atoms with van der Waals surface area (Å²) >= 11 is 0. The lowest BCUT2D eigenvalue weighted by Gasteiger charge is -2.43. The molecule has 1 aromatic rings. The van der Waals surface area contributed by atoms with Crippen molar-refractivity contribution in [3.05, 3.63) is 17.8 Å². The number of piperazine rings is 2. The van der Waals surface area contributed by atoms with Gasteiger partial charge in [-0.05, 0) is 37.8 Å². The van der Waals surface area contributed by atoms with Crippen LogP contribution in [-0.2, 0) is 4.79 Å². The van der Waals surface area contributed by atoms with Gasteiger partial charge in [-0.1, -0.05) is 19.3 Å². The quantitative estimate of drug-likeness (QED) is 0.684. The van der Waals surface area contributed by atoms with Crippen LogP contribution in [0.4, 0.5) is 5.82 Å². The highest BCUT2D eigenvalue weighted by Crippen LogP contribution is 2.25. The lowest BCUT2D eigenvalue weighted by atomic mass is 9.91. The van der Waals surface area contributed by atoms with Crippen molar-refractivity contribution in [3.8, 4) is 0 Å². The van der Waals surface area contributed by atoms with Crippen LogP contribution in [0.1, 0.15) is 55.4 Å². The van der Waals surface area contributed by atoms with Crippen LogP contribution in [0.2, 0.25) is 0 Å². The summed E-state index contributed by atoms with van der Waals surface area (Å²) in [6.45, 7) is 7.57. The summed E-state index contributed by atoms with van der Waals surface area (Å²) in [5.74, 6) is 0.928. The van der Waals surface area contributed by atoms with Crippen molar-refractivity contribution in [1.82, 2.24) is 30.2 Å². The molecule has 9 heteroatoms. The van der Waals surface area contributed by atoms with Gasteiger partial charge < -0.3 is 15.1 Å². The second kappa shape index (κ2) is 10.3. The molecule has 1 N–H and O–H groups in total. The summed E-state index contributed by atoms with van der Waals surface area (Å²) < 4.78 is 0. The number of aromatic nitrogens is 2. The van der Waals surface area contributed by atoms with E-state index in [1.165, 1.54) is 32.1 Å². The van der Waals surface area contributed by atoms with Gasteiger partial charge in [-0.25, -0.2) is 0 Å². The fraction of sp³-hybridized carbons (Fsp3) is 0.750. The lowest BCUT2D eigenvalue weighted by molar-refractivity contribution is -0.134. The Morgan fingerprint density at radius 1 is 0.848 bits per heavy atom. The maximum Gasteiger partial charge on any atom is 0.272 e. The van der Waals surface area contributed by atoms with Gasteiger partial charge in [-0.2, -0.15) is 0 Å². The predicted octanol–water partition coefficient (Wildman–Crippen LogP) is 0.968. The van der Waals surface area contributed by atoms with Crippen molar-refractivity contribution in [1.29, 1.82) is 0 Å². The number of hydrogen-bond acceptors (Lipinski definition) is 7. The molecular formula is C24H37N7O2. The predicted molar refractivity (Wildman–Crippen MR) is 126 cm³/mol. The van der Waals surface area contributed by atoms with Crippen molar-refractivity contribution < 1.29 is 9.59 Å². The zero-order chi connectivity index (χ0) is 22.6. The van der Waals surface area contributed by atoms with E-state index in [2.05, 4.69) is 30.2 Å². The molecule has 33 heavy (non-hydrogen) atoms. The van der Waals surface area contributed by atoms with E-state index in [9.17, 15) is 9.59 Å². The van der Waals surface area contributed by atoms with Crippen molar-refractivity contribution in [3.63, 3.8) is 0 Å². The van der Waals surface area contributed by atoms with Crippen molar-refractivity contribution in [2.75, 3.05) is 63.8 Å². The number of carbonyl (C=O) groups excluding carboxylic acids is 2. The van der Waals surface area contributed by atoms with Gasteiger partial charge in [0.2, 0.25) is 5.91 Å². The first-order chi connectivity index (χ1) is 16.2. The molecule has 2 saturated carbocycles. The summed E-state index contributed by atoms with van der Waals surface area (Å²) in [4.78, 5) is 34.2. The first-order valence-corrected chi connectivity index (χ1v) is 12.8. The van der Waals surface area contributed by atoms with Gasteiger partial charge in [0.1, 0.15) is 0 Å². The summed E-state index contributed by atoms with van der Waals surface area (Å²) in [5, 5.41) is 11.5. The SMILES string of the molecule is O=C(NC1CCCC1)c1ccc(N2CCN(CC(=O)N3CCN(C4CCC4)CC3)CC2)nn1. The number of nitrogens with one attached hydrogen (secondary N) is 1. The fourth-order valence-electron chi connectivity index (χ4n) is 5.46. The number of anilines is 1. The highest BCUT2D eigenvalue weighted by atomic mass is 16.2. The molecule has 2 saturated heterocycles. The van der Waals surface area contributed by atoms with Crippen LogP contribution in [0.25, 0.3) is 0 Å². The van der Waals surface area contributed by atoms with Gasteiger partial charge in [-0.3, -0.25) is 19.4 Å². The maximum absolute atomic E-state index is 12.8. The lowest BCUT2D eigenvalue weighted by Crippen LogP contribution is -2.56. The van der Waals surface area contributed by atoms with Gasteiger partial charge >= 0.3 is 0 Å². The van der Waals surface area contributed by atoms with Crippen LogP contribution in [0, 0.1) is 0 Å². The van der Waals surface area contributed by atoms with Crippen molar-refractivity contribution in [2.45, 2.75) is 57.0 Å². The summed E-state index contributed by atoms with van der Waals surface area (Å²) in [6, 6.07) is 4.71. The smallest absolute Gasteiger partial charge is 0.272 e. The van der Waals surface area contributed by atoms with Gasteiger partial charge in [0.05, 0.1) is 6.54 Å². The molecule has 0 spiro atoms. The highest BCUT2D eigenvalue weighted by molar-refractivity contribution is 5.92. The van der Waals surface area contributed by atoms with Gasteiger partial charge in [0.25, 0.3) is 5.91 Å². The molecule has 5 rings (SSSR count). The van der Waals surface area contributed by atoms with Gasteiger partial charge in [-0.15, -0.1) is 10.2 Å². The molecular weight excluding hydrogens is 418 g/mol. The first kappa shape index (κ1) is 22.5. The standard InChI is InChI=1S/C24H37N7O2/c32-23(31-16-14-29(15-17-31)20-6-3-7-20)18-28-10-12-30(13-11-28)22-9-8-21(26-27-22)24(33)25-19-4-1-2-5-19/h8-9,19-20H,1-7,10-18H2,(H,25,33). The Morgan fingerprint density at radius 2 is 1.58 bits per heavy atom. The molecule has 9 nitrogen and oxygen atoms in total. The fourth-order valence-corrected chi connectivity index (χ4v) is 5.46. The van der Waals surface area contributed by atoms with Gasteiger partial charge in [0, 0.05) is 64.4 Å². The molecule has 3 heterocycles. The first-order valence-electron chi connectivity index (χ1n) is 12.8. The summed E-state index contributed by atoms with van der Waals surface area (Å²) in [6.07, 6.45) is 8.51. The Labute approximate surface area is 196 Å². The van der Waals surface area contributed by atoms with Gasteiger partial charge in [0.15, 0.2) is 11.5 Å². The minimum atomic E-state index is -0.127. The molecule has 4 fully saturated rings. The molecule has 0 unspecified atom stereocenters. The molecule has 2 amide bonds. The Kier molecular flexibility index (Phi) is 7.06. The number of amides is 2. The Morgan fingerprint density at radius 3 is 2.18 bits per heavy atom. The van der Waals surface area contributed by atoms with E-state index in [4.69, 9.17) is 0 Å². The zero-order valence-electron chi connectivity index (χ0n) is 19.6. The molecule has 2 aliphatic heterocycles. The van der Waals surface area contributed by atoms with Crippen molar-refractivity contribution >= 4 is 17.6 Å². The van der Waals surface area contributed by atoms with E-state index >= 15 is 0 Å². The van der Waals surface area contributed by atoms with E-state index in [-0.39, 0.29) is 17.9 Å². The van der Waals surface area contributed by atoms with E-state index in [1.807, 2.05) is 11.0 Å². The second-order valence-electron chi connectivity index (χ2n) is 10.00. The van der Waals surface area contributed by atoms with Crippen molar-refractivity contribution in [2.24, 2.45) is 0 Å². The highest BCUT2D eigenvalue weighted by Gasteiger charge is 2.30. The van der Waals surface area contributed by atoms with Crippen LogP contribution >= 0.6 is 0 Å². The molecule has 2 aliphatic carbocycles. The molecule has 4 aliphatic rings. The Hall–Kier alpha value is -2.26. The number of rotatable bonds is 6. The molecule has 0 atom stereocenters. The Bertz CT molecular complexity index is 807. The minimum Gasteiger partial charge on any atom is -0.353 e. The van der Waals surface area contributed by atoms with Crippen LogP contribution in [-0.4, -0.2) is 108 Å². The number of nitrogens with zero attached hydrogens (tertiary/aromatic N) is 6. The number of hydrogen-bond donors (Lipinski definition) is 1. The minimum absolute atomic E-state index is 0.127. The third-order valence-corrected chi connectivity index (χ3v) is 7.89. The average molecular weight is 456 g/mol. The van der Waals surface area contributed by atoms with E-state index in [0.29, 0.717) is 12.2 Å². The monoisotopic (exact) mass is 455 g/mol. The molecule has 0 radical (unpaired) electrons. The topological polar surface area (TPSA) is 84.9 Å². The zero-order valence-corrected chi connectivity index (χ0v) is 19.6. The third kappa shape index (κ3) is 5.46. The molecule has 1 aromatic heterocycles. The number of carbonyl (C=O) groups is 2. The molecule has 180 valence electrons. The van der Waals surface area contributed by atoms with E-state index in [1.54, 1.807) is 6.07 Å². The van der Waals surface area contributed by atoms with Crippen LogP contribution in [0.3, 0.4) is 0 Å². The van der Waals surface area contributed by atoms with E-state index in [0.717, 1.165) is 77.1 Å². The largest absolute Gasteiger partial charge is 0.353 e. The maximum atomic E-state index is 12.8. The third-order valence-electron chi connectivity index (χ3n) is 7.89. The van der Waals surface area contributed by atoms with E-state index < -0.39 is 0 Å². The normalized spacial score (nSPS) is 23.5. The van der Waals surface area contributed by atoms with Crippen LogP contribution in [0.5, 0.6) is 0 Å². The Balaban J connectivity index is 1.04. The average Bonchev–Trinajstić information content (AvgIpc) is 3.32. The summed E-state index contributed by atoms with van der Waals surface area (Å²) in [7, 11) is 0. The molecule has 0 aromatic carbocycles. The van der Waals surface area contributed by atoms with Crippen LogP contribution in [0.15, 0.2) is 12.1 Å². The molecule has 0 bridgehead atoms. The van der Waals surface area contributed by atoms with Crippen LogP contribution < -0.4 is 10.2 Å². The summed E-state index contributed by atoms with van der Waals surface area (Å²) in [5.41, 5.74) is 0.382.